The molecule has 17 heavy (non-hydrogen) atoms. The second kappa shape index (κ2) is 6.97. The van der Waals surface area contributed by atoms with Crippen molar-refractivity contribution >= 4 is 5.91 Å². The number of amides is 1. The predicted molar refractivity (Wildman–Crippen MR) is 68.6 cm³/mol. The molecule has 0 aromatic carbocycles. The van der Waals surface area contributed by atoms with E-state index in [-0.39, 0.29) is 24.0 Å². The van der Waals surface area contributed by atoms with Crippen LogP contribution in [0.2, 0.25) is 0 Å². The molecule has 4 heteroatoms. The Bertz CT molecular complexity index is 236. The first-order chi connectivity index (χ1) is 8.06. The van der Waals surface area contributed by atoms with E-state index in [0.29, 0.717) is 19.1 Å². The molecule has 0 saturated heterocycles. The van der Waals surface area contributed by atoms with E-state index in [1.807, 2.05) is 13.8 Å². The molecule has 100 valence electrons. The second-order valence-electron chi connectivity index (χ2n) is 5.11. The Morgan fingerprint density at radius 3 is 2.82 bits per heavy atom. The van der Waals surface area contributed by atoms with E-state index in [2.05, 4.69) is 12.2 Å². The highest BCUT2D eigenvalue weighted by atomic mass is 16.5. The van der Waals surface area contributed by atoms with Crippen LogP contribution in [0.5, 0.6) is 0 Å². The van der Waals surface area contributed by atoms with Crippen LogP contribution in [0.4, 0.5) is 0 Å². The molecule has 1 aliphatic carbocycles. The summed E-state index contributed by atoms with van der Waals surface area (Å²) in [6.07, 6.45) is 3.27. The van der Waals surface area contributed by atoms with Crippen LogP contribution in [0.1, 0.15) is 40.0 Å². The van der Waals surface area contributed by atoms with Gasteiger partial charge in [-0.1, -0.05) is 13.3 Å². The van der Waals surface area contributed by atoms with E-state index in [1.165, 1.54) is 0 Å². The number of carbonyl (C=O) groups is 1. The summed E-state index contributed by atoms with van der Waals surface area (Å²) in [6, 6.07) is 0.0150. The SMILES string of the molecule is CCOC(C)CNC(=O)C1C(C)CCCC1N. The van der Waals surface area contributed by atoms with E-state index in [0.717, 1.165) is 19.3 Å². The van der Waals surface area contributed by atoms with Gasteiger partial charge in [-0.05, 0) is 32.6 Å². The molecule has 4 atom stereocenters. The molecule has 0 bridgehead atoms. The summed E-state index contributed by atoms with van der Waals surface area (Å²) in [4.78, 5) is 12.1. The minimum atomic E-state index is -0.0300. The monoisotopic (exact) mass is 242 g/mol. The zero-order valence-corrected chi connectivity index (χ0v) is 11.2. The van der Waals surface area contributed by atoms with Crippen molar-refractivity contribution in [2.75, 3.05) is 13.2 Å². The van der Waals surface area contributed by atoms with Gasteiger partial charge >= 0.3 is 0 Å². The molecule has 1 saturated carbocycles. The molecule has 0 aliphatic heterocycles. The van der Waals surface area contributed by atoms with Crippen molar-refractivity contribution in [2.24, 2.45) is 17.6 Å². The summed E-state index contributed by atoms with van der Waals surface area (Å²) in [5.74, 6) is 0.454. The Morgan fingerprint density at radius 2 is 2.24 bits per heavy atom. The largest absolute Gasteiger partial charge is 0.377 e. The minimum Gasteiger partial charge on any atom is -0.377 e. The Morgan fingerprint density at radius 1 is 1.53 bits per heavy atom. The zero-order chi connectivity index (χ0) is 12.8. The van der Waals surface area contributed by atoms with Crippen molar-refractivity contribution in [2.45, 2.75) is 52.2 Å². The number of nitrogens with two attached hydrogens (primary N) is 1. The third-order valence-electron chi connectivity index (χ3n) is 3.59. The predicted octanol–water partition coefficient (Wildman–Crippen LogP) is 1.29. The average molecular weight is 242 g/mol. The quantitative estimate of drug-likeness (QED) is 0.763. The second-order valence-corrected chi connectivity index (χ2v) is 5.11. The molecule has 0 aromatic heterocycles. The van der Waals surface area contributed by atoms with E-state index in [4.69, 9.17) is 10.5 Å². The summed E-state index contributed by atoms with van der Waals surface area (Å²) in [7, 11) is 0. The van der Waals surface area contributed by atoms with Crippen molar-refractivity contribution in [3.8, 4) is 0 Å². The number of carbonyl (C=O) groups excluding carboxylic acids is 1. The molecule has 1 rings (SSSR count). The van der Waals surface area contributed by atoms with Gasteiger partial charge in [0, 0.05) is 19.2 Å². The Balaban J connectivity index is 2.40. The topological polar surface area (TPSA) is 64.3 Å². The van der Waals surface area contributed by atoms with Crippen LogP contribution >= 0.6 is 0 Å². The lowest BCUT2D eigenvalue weighted by Crippen LogP contribution is -2.48. The van der Waals surface area contributed by atoms with E-state index >= 15 is 0 Å². The average Bonchev–Trinajstić information content (AvgIpc) is 2.26. The van der Waals surface area contributed by atoms with E-state index in [1.54, 1.807) is 0 Å². The van der Waals surface area contributed by atoms with Crippen molar-refractivity contribution in [3.63, 3.8) is 0 Å². The third kappa shape index (κ3) is 4.28. The van der Waals surface area contributed by atoms with Gasteiger partial charge in [-0.15, -0.1) is 0 Å². The summed E-state index contributed by atoms with van der Waals surface area (Å²) in [6.45, 7) is 7.29. The molecule has 1 fully saturated rings. The first kappa shape index (κ1) is 14.5. The van der Waals surface area contributed by atoms with Crippen LogP contribution in [0.3, 0.4) is 0 Å². The molecular weight excluding hydrogens is 216 g/mol. The molecule has 0 heterocycles. The zero-order valence-electron chi connectivity index (χ0n) is 11.2. The van der Waals surface area contributed by atoms with Crippen molar-refractivity contribution in [1.29, 1.82) is 0 Å². The first-order valence-corrected chi connectivity index (χ1v) is 6.71. The molecule has 1 aliphatic rings. The Labute approximate surface area is 104 Å². The summed E-state index contributed by atoms with van der Waals surface area (Å²) in [5, 5.41) is 2.95. The molecule has 0 aromatic rings. The van der Waals surface area contributed by atoms with Gasteiger partial charge in [0.05, 0.1) is 12.0 Å². The molecule has 4 nitrogen and oxygen atoms in total. The van der Waals surface area contributed by atoms with Crippen molar-refractivity contribution < 1.29 is 9.53 Å². The molecule has 3 N–H and O–H groups in total. The highest BCUT2D eigenvalue weighted by Crippen LogP contribution is 2.28. The molecule has 4 unspecified atom stereocenters. The highest BCUT2D eigenvalue weighted by molar-refractivity contribution is 5.79. The molecular formula is C13H26N2O2. The fourth-order valence-electron chi connectivity index (χ4n) is 2.62. The Kier molecular flexibility index (Phi) is 5.92. The summed E-state index contributed by atoms with van der Waals surface area (Å²) < 4.78 is 5.39. The Hall–Kier alpha value is -0.610. The maximum absolute atomic E-state index is 12.1. The minimum absolute atomic E-state index is 0.0150. The van der Waals surface area contributed by atoms with Gasteiger partial charge in [0.25, 0.3) is 0 Å². The van der Waals surface area contributed by atoms with Gasteiger partial charge in [0.1, 0.15) is 0 Å². The molecule has 0 radical (unpaired) electrons. The lowest BCUT2D eigenvalue weighted by molar-refractivity contribution is -0.128. The number of nitrogens with one attached hydrogen (secondary N) is 1. The fourth-order valence-corrected chi connectivity index (χ4v) is 2.62. The van der Waals surface area contributed by atoms with Gasteiger partial charge in [-0.3, -0.25) is 4.79 Å². The van der Waals surface area contributed by atoms with Crippen LogP contribution in [0, 0.1) is 11.8 Å². The van der Waals surface area contributed by atoms with Gasteiger partial charge in [0.15, 0.2) is 0 Å². The number of hydrogen-bond donors (Lipinski definition) is 2. The molecule has 1 amide bonds. The van der Waals surface area contributed by atoms with E-state index in [9.17, 15) is 4.79 Å². The van der Waals surface area contributed by atoms with Gasteiger partial charge in [-0.25, -0.2) is 0 Å². The van der Waals surface area contributed by atoms with Gasteiger partial charge < -0.3 is 15.8 Å². The van der Waals surface area contributed by atoms with Crippen LogP contribution in [-0.4, -0.2) is 31.2 Å². The third-order valence-corrected chi connectivity index (χ3v) is 3.59. The van der Waals surface area contributed by atoms with Crippen molar-refractivity contribution in [3.05, 3.63) is 0 Å². The van der Waals surface area contributed by atoms with Gasteiger partial charge in [-0.2, -0.15) is 0 Å². The lowest BCUT2D eigenvalue weighted by Gasteiger charge is -2.33. The number of ether oxygens (including phenoxy) is 1. The number of rotatable bonds is 5. The first-order valence-electron chi connectivity index (χ1n) is 6.71. The van der Waals surface area contributed by atoms with Crippen molar-refractivity contribution in [1.82, 2.24) is 5.32 Å². The van der Waals surface area contributed by atoms with E-state index < -0.39 is 0 Å². The van der Waals surface area contributed by atoms with Crippen LogP contribution in [-0.2, 0) is 9.53 Å². The standard InChI is InChI=1S/C13H26N2O2/c1-4-17-10(3)8-15-13(16)12-9(2)6-5-7-11(12)14/h9-12H,4-8,14H2,1-3H3,(H,15,16). The smallest absolute Gasteiger partial charge is 0.225 e. The van der Waals surface area contributed by atoms with Gasteiger partial charge in [0.2, 0.25) is 5.91 Å². The highest BCUT2D eigenvalue weighted by Gasteiger charge is 2.33. The van der Waals surface area contributed by atoms with Crippen LogP contribution in [0.15, 0.2) is 0 Å². The lowest BCUT2D eigenvalue weighted by atomic mass is 9.76. The summed E-state index contributed by atoms with van der Waals surface area (Å²) >= 11 is 0. The van der Waals surface area contributed by atoms with Crippen LogP contribution in [0.25, 0.3) is 0 Å². The normalized spacial score (nSPS) is 30.9. The number of hydrogen-bond acceptors (Lipinski definition) is 3. The summed E-state index contributed by atoms with van der Waals surface area (Å²) in [5.41, 5.74) is 6.04. The fraction of sp³-hybridized carbons (Fsp3) is 0.923. The maximum Gasteiger partial charge on any atom is 0.225 e. The maximum atomic E-state index is 12.1. The molecule has 0 spiro atoms. The van der Waals surface area contributed by atoms with Crippen LogP contribution < -0.4 is 11.1 Å².